The van der Waals surface area contributed by atoms with Gasteiger partial charge in [-0.3, -0.25) is 9.10 Å². The Morgan fingerprint density at radius 1 is 1.18 bits per heavy atom. The molecule has 1 atom stereocenters. The molecular weight excluding hydrogens is 470 g/mol. The number of carbonyl (C=O) groups excluding carboxylic acids is 1. The highest BCUT2D eigenvalue weighted by atomic mass is 35.5. The van der Waals surface area contributed by atoms with Crippen molar-refractivity contribution in [3.05, 3.63) is 58.1 Å². The molecule has 3 rings (SSSR count). The summed E-state index contributed by atoms with van der Waals surface area (Å²) in [6.45, 7) is 7.69. The number of hydrogen-bond acceptors (Lipinski definition) is 4. The molecule has 1 aliphatic heterocycles. The average molecular weight is 506 g/mol. The fourth-order valence-corrected chi connectivity index (χ4v) is 6.35. The summed E-state index contributed by atoms with van der Waals surface area (Å²) in [6, 6.07) is 10.8. The van der Waals surface area contributed by atoms with Crippen LogP contribution in [0.15, 0.2) is 41.3 Å². The molecule has 2 aromatic carbocycles. The van der Waals surface area contributed by atoms with Crippen molar-refractivity contribution < 1.29 is 13.2 Å². The highest BCUT2D eigenvalue weighted by molar-refractivity contribution is 7.92. The summed E-state index contributed by atoms with van der Waals surface area (Å²) >= 11 is 6.17. The van der Waals surface area contributed by atoms with Gasteiger partial charge < -0.3 is 10.6 Å². The van der Waals surface area contributed by atoms with Crippen molar-refractivity contribution >= 4 is 33.2 Å². The molecule has 1 heterocycles. The summed E-state index contributed by atoms with van der Waals surface area (Å²) in [5.74, 6) is 0.641. The van der Waals surface area contributed by atoms with Gasteiger partial charge in [-0.05, 0) is 100 Å². The fraction of sp³-hybridized carbons (Fsp3) is 0.500. The summed E-state index contributed by atoms with van der Waals surface area (Å²) < 4.78 is 28.2. The Kier molecular flexibility index (Phi) is 9.01. The van der Waals surface area contributed by atoms with Gasteiger partial charge in [0.1, 0.15) is 0 Å². The normalized spacial score (nSPS) is 15.7. The minimum atomic E-state index is -3.79. The minimum Gasteiger partial charge on any atom is -0.354 e. The number of nitrogens with one attached hydrogen (secondary N) is 2. The molecule has 0 saturated carbocycles. The Morgan fingerprint density at radius 3 is 2.56 bits per heavy atom. The van der Waals surface area contributed by atoms with Gasteiger partial charge in [0.15, 0.2) is 0 Å². The molecule has 1 aliphatic rings. The number of benzene rings is 2. The van der Waals surface area contributed by atoms with Crippen molar-refractivity contribution in [2.45, 2.75) is 63.8 Å². The third kappa shape index (κ3) is 6.52. The van der Waals surface area contributed by atoms with Crippen molar-refractivity contribution in [3.8, 4) is 0 Å². The van der Waals surface area contributed by atoms with Crippen LogP contribution in [0, 0.1) is 19.8 Å². The Balaban J connectivity index is 1.68. The number of hydrogen-bond donors (Lipinski definition) is 2. The Morgan fingerprint density at radius 2 is 1.85 bits per heavy atom. The number of halogens is 1. The lowest BCUT2D eigenvalue weighted by molar-refractivity contribution is -0.121. The maximum Gasteiger partial charge on any atom is 0.264 e. The first-order valence-electron chi connectivity index (χ1n) is 11.9. The van der Waals surface area contributed by atoms with Crippen LogP contribution in [0.1, 0.15) is 49.3 Å². The molecule has 0 aliphatic carbocycles. The third-order valence-electron chi connectivity index (χ3n) is 6.60. The number of anilines is 1. The van der Waals surface area contributed by atoms with E-state index in [1.165, 1.54) is 4.31 Å². The van der Waals surface area contributed by atoms with E-state index in [1.807, 2.05) is 18.2 Å². The molecule has 1 amide bonds. The second-order valence-corrected chi connectivity index (χ2v) is 11.7. The van der Waals surface area contributed by atoms with E-state index in [0.29, 0.717) is 40.6 Å². The Bertz CT molecular complexity index is 1110. The van der Waals surface area contributed by atoms with Gasteiger partial charge in [0.25, 0.3) is 10.0 Å². The molecule has 0 radical (unpaired) electrons. The van der Waals surface area contributed by atoms with Gasteiger partial charge in [-0.15, -0.1) is 0 Å². The zero-order valence-corrected chi connectivity index (χ0v) is 22.1. The average Bonchev–Trinajstić information content (AvgIpc) is 2.80. The molecule has 1 fully saturated rings. The highest BCUT2D eigenvalue weighted by Gasteiger charge is 2.26. The van der Waals surface area contributed by atoms with Gasteiger partial charge >= 0.3 is 0 Å². The zero-order valence-electron chi connectivity index (χ0n) is 20.5. The number of para-hydroxylation sites is 1. The predicted octanol–water partition coefficient (Wildman–Crippen LogP) is 4.61. The quantitative estimate of drug-likeness (QED) is 0.521. The van der Waals surface area contributed by atoms with Crippen molar-refractivity contribution in [2.24, 2.45) is 5.92 Å². The molecule has 0 aromatic heterocycles. The SMILES string of the molecule is Cc1cc(S(=O)(=O)N(C)c2ccccc2CCC(=O)N[C@H](C)CC2CCNCC2)c(C)cc1Cl. The maximum atomic E-state index is 13.4. The number of rotatable bonds is 9. The first-order valence-corrected chi connectivity index (χ1v) is 13.7. The molecular formula is C26H36ClN3O3S. The zero-order chi connectivity index (χ0) is 24.9. The number of aryl methyl sites for hydroxylation is 3. The smallest absolute Gasteiger partial charge is 0.264 e. The first-order chi connectivity index (χ1) is 16.1. The summed E-state index contributed by atoms with van der Waals surface area (Å²) in [5, 5.41) is 7.03. The molecule has 1 saturated heterocycles. The minimum absolute atomic E-state index is 0.00841. The number of piperidine rings is 1. The predicted molar refractivity (Wildman–Crippen MR) is 139 cm³/mol. The van der Waals surface area contributed by atoms with Crippen LogP contribution in [0.2, 0.25) is 5.02 Å². The van der Waals surface area contributed by atoms with Gasteiger partial charge in [0.2, 0.25) is 5.91 Å². The van der Waals surface area contributed by atoms with Crippen molar-refractivity contribution in [1.82, 2.24) is 10.6 Å². The van der Waals surface area contributed by atoms with Crippen molar-refractivity contribution in [2.75, 3.05) is 24.4 Å². The monoisotopic (exact) mass is 505 g/mol. The summed E-state index contributed by atoms with van der Waals surface area (Å²) in [7, 11) is -2.24. The summed E-state index contributed by atoms with van der Waals surface area (Å²) in [5.41, 5.74) is 2.70. The summed E-state index contributed by atoms with van der Waals surface area (Å²) in [4.78, 5) is 12.8. The molecule has 2 N–H and O–H groups in total. The van der Waals surface area contributed by atoms with E-state index < -0.39 is 10.0 Å². The molecule has 8 heteroatoms. The van der Waals surface area contributed by atoms with Gasteiger partial charge in [-0.2, -0.15) is 0 Å². The van der Waals surface area contributed by atoms with E-state index in [4.69, 9.17) is 11.6 Å². The molecule has 34 heavy (non-hydrogen) atoms. The number of nitrogens with zero attached hydrogens (tertiary/aromatic N) is 1. The van der Waals surface area contributed by atoms with E-state index in [9.17, 15) is 13.2 Å². The molecule has 6 nitrogen and oxygen atoms in total. The van der Waals surface area contributed by atoms with Crippen molar-refractivity contribution in [3.63, 3.8) is 0 Å². The van der Waals surface area contributed by atoms with Crippen LogP contribution in [-0.2, 0) is 21.2 Å². The summed E-state index contributed by atoms with van der Waals surface area (Å²) in [6.07, 6.45) is 4.06. The van der Waals surface area contributed by atoms with E-state index in [-0.39, 0.29) is 16.8 Å². The fourth-order valence-electron chi connectivity index (χ4n) is 4.61. The largest absolute Gasteiger partial charge is 0.354 e. The van der Waals surface area contributed by atoms with Gasteiger partial charge in [0.05, 0.1) is 10.6 Å². The van der Waals surface area contributed by atoms with Crippen LogP contribution in [0.3, 0.4) is 0 Å². The number of sulfonamides is 1. The number of carbonyl (C=O) groups is 1. The van der Waals surface area contributed by atoms with E-state index in [1.54, 1.807) is 39.1 Å². The van der Waals surface area contributed by atoms with Crippen LogP contribution in [0.5, 0.6) is 0 Å². The topological polar surface area (TPSA) is 78.5 Å². The van der Waals surface area contributed by atoms with Crippen LogP contribution >= 0.6 is 11.6 Å². The maximum absolute atomic E-state index is 13.4. The highest BCUT2D eigenvalue weighted by Crippen LogP contribution is 2.30. The molecule has 0 spiro atoms. The molecule has 186 valence electrons. The van der Waals surface area contributed by atoms with Gasteiger partial charge in [-0.25, -0.2) is 8.42 Å². The molecule has 0 unspecified atom stereocenters. The van der Waals surface area contributed by atoms with E-state index >= 15 is 0 Å². The number of amides is 1. The van der Waals surface area contributed by atoms with Crippen LogP contribution in [0.4, 0.5) is 5.69 Å². The van der Waals surface area contributed by atoms with Gasteiger partial charge in [0, 0.05) is 24.5 Å². The second kappa shape index (κ2) is 11.6. The lowest BCUT2D eigenvalue weighted by Crippen LogP contribution is -2.36. The standard InChI is InChI=1S/C26H36ClN3O3S/c1-18-16-25(19(2)15-23(18)27)34(32,33)30(4)24-8-6-5-7-22(24)9-10-26(31)29-20(3)17-21-11-13-28-14-12-21/h5-8,15-16,20-21,28H,9-14,17H2,1-4H3,(H,29,31)/t20-/m1/s1. The van der Waals surface area contributed by atoms with E-state index in [2.05, 4.69) is 17.6 Å². The third-order valence-corrected chi connectivity index (χ3v) is 8.92. The van der Waals surface area contributed by atoms with Gasteiger partial charge in [-0.1, -0.05) is 29.8 Å². The lowest BCUT2D eigenvalue weighted by Gasteiger charge is -2.26. The Hall–Kier alpha value is -2.09. The van der Waals surface area contributed by atoms with Crippen LogP contribution < -0.4 is 14.9 Å². The molecule has 2 aromatic rings. The van der Waals surface area contributed by atoms with E-state index in [0.717, 1.165) is 37.9 Å². The van der Waals surface area contributed by atoms with Crippen molar-refractivity contribution in [1.29, 1.82) is 0 Å². The Labute approximate surface area is 209 Å². The van der Waals surface area contributed by atoms with Crippen LogP contribution in [0.25, 0.3) is 0 Å². The second-order valence-electron chi connectivity index (χ2n) is 9.37. The first kappa shape index (κ1) is 26.5. The van der Waals surface area contributed by atoms with Crippen LogP contribution in [-0.4, -0.2) is 40.5 Å². The molecule has 0 bridgehead atoms. The lowest BCUT2D eigenvalue weighted by atomic mass is 9.91.